The lowest BCUT2D eigenvalue weighted by Gasteiger charge is -2.12. The van der Waals surface area contributed by atoms with Crippen LogP contribution in [-0.2, 0) is 0 Å². The van der Waals surface area contributed by atoms with E-state index in [1.807, 2.05) is 36.4 Å². The minimum Gasteiger partial charge on any atom is -0.435 e. The lowest BCUT2D eigenvalue weighted by atomic mass is 9.95. The van der Waals surface area contributed by atoms with Gasteiger partial charge < -0.3 is 4.42 Å². The zero-order valence-corrected chi connectivity index (χ0v) is 30.5. The molecule has 0 N–H and O–H groups in total. The first kappa shape index (κ1) is 31.6. The van der Waals surface area contributed by atoms with Crippen LogP contribution in [0.4, 0.5) is 0 Å². The summed E-state index contributed by atoms with van der Waals surface area (Å²) in [5.41, 5.74) is 5.39. The Balaban J connectivity index is 1.07. The second kappa shape index (κ2) is 12.4. The molecule has 0 spiro atoms. The molecule has 0 aliphatic carbocycles. The van der Waals surface area contributed by atoms with Crippen molar-refractivity contribution < 1.29 is 4.42 Å². The second-order valence-electron chi connectivity index (χ2n) is 14.6. The third-order valence-electron chi connectivity index (χ3n) is 11.3. The number of aromatic nitrogens is 4. The SMILES string of the molecule is c1ccc(-c2nc3ccc4ccc5ccc6cc(-c7nc(-c8ccc9ccc%10ccccc%10c9c8)nc(-c8cccc9ccccc89)n7)ccc6c5c4c3o2)cc1. The Morgan fingerprint density at radius 3 is 1.72 bits per heavy atom. The van der Waals surface area contributed by atoms with Crippen molar-refractivity contribution in [3.05, 3.63) is 182 Å². The molecule has 0 atom stereocenters. The van der Waals surface area contributed by atoms with Gasteiger partial charge in [-0.25, -0.2) is 19.9 Å². The minimum absolute atomic E-state index is 0.616. The number of nitrogens with zero attached hydrogens (tertiary/aromatic N) is 4. The topological polar surface area (TPSA) is 64.7 Å². The monoisotopic (exact) mass is 726 g/mol. The van der Waals surface area contributed by atoms with Gasteiger partial charge in [-0.15, -0.1) is 0 Å². The summed E-state index contributed by atoms with van der Waals surface area (Å²) >= 11 is 0. The van der Waals surface area contributed by atoms with Crippen LogP contribution in [0.5, 0.6) is 0 Å². The van der Waals surface area contributed by atoms with E-state index >= 15 is 0 Å². The Morgan fingerprint density at radius 2 is 0.895 bits per heavy atom. The molecule has 5 nitrogen and oxygen atoms in total. The molecule has 0 unspecified atom stereocenters. The maximum absolute atomic E-state index is 6.57. The molecule has 0 aliphatic heterocycles. The molecular formula is C52H30N4O. The predicted octanol–water partition coefficient (Wildman–Crippen LogP) is 13.6. The summed E-state index contributed by atoms with van der Waals surface area (Å²) in [7, 11) is 0. The van der Waals surface area contributed by atoms with E-state index in [0.29, 0.717) is 23.4 Å². The Kier molecular flexibility index (Phi) is 6.86. The first-order valence-corrected chi connectivity index (χ1v) is 19.1. The summed E-state index contributed by atoms with van der Waals surface area (Å²) in [6.45, 7) is 0. The van der Waals surface area contributed by atoms with E-state index in [-0.39, 0.29) is 0 Å². The molecule has 57 heavy (non-hydrogen) atoms. The highest BCUT2D eigenvalue weighted by atomic mass is 16.3. The van der Waals surface area contributed by atoms with Crippen molar-refractivity contribution in [1.82, 2.24) is 19.9 Å². The van der Waals surface area contributed by atoms with E-state index in [9.17, 15) is 0 Å². The molecule has 0 saturated heterocycles. The average molecular weight is 727 g/mol. The highest BCUT2D eigenvalue weighted by Crippen LogP contribution is 2.40. The second-order valence-corrected chi connectivity index (χ2v) is 14.6. The van der Waals surface area contributed by atoms with Gasteiger partial charge in [0.15, 0.2) is 23.1 Å². The van der Waals surface area contributed by atoms with Crippen molar-refractivity contribution >= 4 is 75.7 Å². The Labute approximate surface area is 326 Å². The van der Waals surface area contributed by atoms with Crippen molar-refractivity contribution in [3.63, 3.8) is 0 Å². The smallest absolute Gasteiger partial charge is 0.227 e. The van der Waals surface area contributed by atoms with Gasteiger partial charge in [0, 0.05) is 33.0 Å². The van der Waals surface area contributed by atoms with E-state index in [2.05, 4.69) is 146 Å². The van der Waals surface area contributed by atoms with Gasteiger partial charge in [0.25, 0.3) is 0 Å². The predicted molar refractivity (Wildman–Crippen MR) is 234 cm³/mol. The zero-order valence-electron chi connectivity index (χ0n) is 30.5. The van der Waals surface area contributed by atoms with Gasteiger partial charge in [-0.05, 0) is 84.2 Å². The number of hydrogen-bond acceptors (Lipinski definition) is 5. The molecule has 2 aromatic heterocycles. The molecule has 5 heteroatoms. The fourth-order valence-corrected chi connectivity index (χ4v) is 8.51. The van der Waals surface area contributed by atoms with E-state index in [0.717, 1.165) is 76.4 Å². The van der Waals surface area contributed by atoms with Gasteiger partial charge in [0.1, 0.15) is 5.52 Å². The van der Waals surface area contributed by atoms with Crippen molar-refractivity contribution in [3.8, 4) is 45.6 Å². The maximum atomic E-state index is 6.57. The fraction of sp³-hybridized carbons (Fsp3) is 0. The van der Waals surface area contributed by atoms with E-state index in [1.165, 1.54) is 21.5 Å². The Hall–Kier alpha value is -7.76. The van der Waals surface area contributed by atoms with Crippen LogP contribution in [0.1, 0.15) is 0 Å². The average Bonchev–Trinajstić information content (AvgIpc) is 3.73. The summed E-state index contributed by atoms with van der Waals surface area (Å²) in [5.74, 6) is 2.50. The summed E-state index contributed by atoms with van der Waals surface area (Å²) < 4.78 is 6.57. The number of hydrogen-bond donors (Lipinski definition) is 0. The van der Waals surface area contributed by atoms with E-state index in [1.54, 1.807) is 0 Å². The van der Waals surface area contributed by atoms with Gasteiger partial charge >= 0.3 is 0 Å². The maximum Gasteiger partial charge on any atom is 0.227 e. The van der Waals surface area contributed by atoms with Gasteiger partial charge in [-0.3, -0.25) is 0 Å². The van der Waals surface area contributed by atoms with Crippen LogP contribution < -0.4 is 0 Å². The fourth-order valence-electron chi connectivity index (χ4n) is 8.51. The molecule has 0 aliphatic rings. The first-order valence-electron chi connectivity index (χ1n) is 19.1. The van der Waals surface area contributed by atoms with Crippen LogP contribution in [-0.4, -0.2) is 19.9 Å². The number of rotatable bonds is 4. The summed E-state index contributed by atoms with van der Waals surface area (Å²) in [4.78, 5) is 20.5. The molecular weight excluding hydrogens is 697 g/mol. The molecule has 0 radical (unpaired) electrons. The van der Waals surface area contributed by atoms with Crippen LogP contribution in [0, 0.1) is 0 Å². The van der Waals surface area contributed by atoms with E-state index < -0.39 is 0 Å². The lowest BCUT2D eigenvalue weighted by molar-refractivity contribution is 0.623. The Morgan fingerprint density at radius 1 is 0.316 bits per heavy atom. The first-order chi connectivity index (χ1) is 28.2. The molecule has 12 aromatic rings. The highest BCUT2D eigenvalue weighted by molar-refractivity contribution is 6.26. The van der Waals surface area contributed by atoms with Crippen molar-refractivity contribution in [2.45, 2.75) is 0 Å². The molecule has 0 amide bonds. The van der Waals surface area contributed by atoms with Crippen LogP contribution >= 0.6 is 0 Å². The highest BCUT2D eigenvalue weighted by Gasteiger charge is 2.18. The standard InChI is InChI=1S/C52H30N4O/c1-2-11-36(12-3-1)52-53-45-28-26-35-21-20-34-22-23-37-29-38(25-27-42(37)46(34)47(35)48(45)57-52)49-54-50(56-51(55-49)43-16-8-13-31-9-4-6-14-40(31)43)39-24-19-33-18-17-32-10-5-7-15-41(32)44(33)30-39/h1-30H. The van der Waals surface area contributed by atoms with Gasteiger partial charge in [0.2, 0.25) is 5.89 Å². The third-order valence-corrected chi connectivity index (χ3v) is 11.3. The third kappa shape index (κ3) is 5.10. The van der Waals surface area contributed by atoms with Crippen LogP contribution in [0.25, 0.3) is 121 Å². The molecule has 0 saturated carbocycles. The van der Waals surface area contributed by atoms with Crippen molar-refractivity contribution in [2.24, 2.45) is 0 Å². The largest absolute Gasteiger partial charge is 0.435 e. The summed E-state index contributed by atoms with van der Waals surface area (Å²) in [6.07, 6.45) is 0. The molecule has 2 heterocycles. The number of fused-ring (bicyclic) bond motifs is 11. The van der Waals surface area contributed by atoms with Crippen LogP contribution in [0.3, 0.4) is 0 Å². The minimum atomic E-state index is 0.616. The van der Waals surface area contributed by atoms with Crippen molar-refractivity contribution in [1.29, 1.82) is 0 Å². The summed E-state index contributed by atoms with van der Waals surface area (Å²) in [6, 6.07) is 63.6. The van der Waals surface area contributed by atoms with Gasteiger partial charge in [-0.1, -0.05) is 152 Å². The zero-order chi connectivity index (χ0) is 37.5. The van der Waals surface area contributed by atoms with Crippen molar-refractivity contribution in [2.75, 3.05) is 0 Å². The molecule has 12 rings (SSSR count). The molecule has 0 bridgehead atoms. The normalized spacial score (nSPS) is 11.9. The molecule has 0 fully saturated rings. The molecule has 264 valence electrons. The quantitative estimate of drug-likeness (QED) is 0.169. The van der Waals surface area contributed by atoms with Crippen LogP contribution in [0.2, 0.25) is 0 Å². The lowest BCUT2D eigenvalue weighted by Crippen LogP contribution is -2.00. The number of benzene rings is 10. The van der Waals surface area contributed by atoms with Gasteiger partial charge in [-0.2, -0.15) is 0 Å². The Bertz CT molecular complexity index is 3590. The molecule has 10 aromatic carbocycles. The number of oxazole rings is 1. The van der Waals surface area contributed by atoms with E-state index in [4.69, 9.17) is 24.4 Å². The summed E-state index contributed by atoms with van der Waals surface area (Å²) in [5, 5.41) is 13.6. The van der Waals surface area contributed by atoms with Crippen LogP contribution in [0.15, 0.2) is 186 Å². The van der Waals surface area contributed by atoms with Gasteiger partial charge in [0.05, 0.1) is 0 Å².